The molecule has 1 aromatic rings. The van der Waals surface area contributed by atoms with E-state index in [0.717, 1.165) is 5.82 Å². The Morgan fingerprint density at radius 1 is 1.17 bits per heavy atom. The molecule has 0 aromatic carbocycles. The highest BCUT2D eigenvalue weighted by Gasteiger charge is 2.51. The Hall–Kier alpha value is -1.09. The zero-order valence-corrected chi connectivity index (χ0v) is 12.1. The lowest BCUT2D eigenvalue weighted by Gasteiger charge is -2.60. The molecule has 18 heavy (non-hydrogen) atoms. The van der Waals surface area contributed by atoms with E-state index in [2.05, 4.69) is 40.8 Å². The van der Waals surface area contributed by atoms with Crippen LogP contribution in [0.2, 0.25) is 0 Å². The van der Waals surface area contributed by atoms with Gasteiger partial charge in [-0.1, -0.05) is 26.8 Å². The minimum atomic E-state index is 0.600. The summed E-state index contributed by atoms with van der Waals surface area (Å²) in [6.07, 6.45) is 1.96. The van der Waals surface area contributed by atoms with Gasteiger partial charge in [0.15, 0.2) is 0 Å². The van der Waals surface area contributed by atoms with Crippen molar-refractivity contribution >= 4 is 5.82 Å². The van der Waals surface area contributed by atoms with Crippen LogP contribution in [0.3, 0.4) is 0 Å². The van der Waals surface area contributed by atoms with Crippen molar-refractivity contribution in [3.8, 4) is 0 Å². The lowest BCUT2D eigenvalue weighted by Crippen LogP contribution is -2.72. The molecule has 0 unspecified atom stereocenters. The van der Waals surface area contributed by atoms with Crippen molar-refractivity contribution in [2.75, 3.05) is 37.6 Å². The predicted octanol–water partition coefficient (Wildman–Crippen LogP) is 2.56. The summed E-state index contributed by atoms with van der Waals surface area (Å²) in [6, 6.07) is 4.28. The molecule has 0 bridgehead atoms. The molecular weight excluding hydrogens is 222 g/mol. The minimum absolute atomic E-state index is 0.600. The Morgan fingerprint density at radius 2 is 1.83 bits per heavy atom. The molecule has 0 amide bonds. The summed E-state index contributed by atoms with van der Waals surface area (Å²) < 4.78 is 0. The number of pyridine rings is 1. The fourth-order valence-corrected chi connectivity index (χ4v) is 2.90. The summed E-state index contributed by atoms with van der Waals surface area (Å²) in [7, 11) is 0. The zero-order valence-electron chi connectivity index (χ0n) is 12.1. The van der Waals surface area contributed by atoms with Crippen molar-refractivity contribution in [2.45, 2.75) is 27.7 Å². The summed E-state index contributed by atoms with van der Waals surface area (Å²) in [4.78, 5) is 9.38. The first-order chi connectivity index (χ1) is 8.71. The van der Waals surface area contributed by atoms with Gasteiger partial charge in [-0.05, 0) is 25.1 Å². The average Bonchev–Trinajstić information content (AvgIpc) is 2.31. The van der Waals surface area contributed by atoms with E-state index in [0.29, 0.717) is 5.41 Å². The van der Waals surface area contributed by atoms with Crippen molar-refractivity contribution in [3.05, 3.63) is 23.9 Å². The van der Waals surface area contributed by atoms with Crippen LogP contribution in [0.5, 0.6) is 0 Å². The molecule has 0 atom stereocenters. The number of anilines is 1. The smallest absolute Gasteiger partial charge is 0.128 e. The molecule has 3 heteroatoms. The largest absolute Gasteiger partial charge is 0.355 e. The molecule has 2 aliphatic rings. The molecule has 0 aliphatic carbocycles. The summed E-state index contributed by atoms with van der Waals surface area (Å²) in [6.45, 7) is 14.5. The summed E-state index contributed by atoms with van der Waals surface area (Å²) in [5.41, 5.74) is 1.84. The van der Waals surface area contributed by atoms with Crippen LogP contribution in [-0.4, -0.2) is 42.6 Å². The topological polar surface area (TPSA) is 19.4 Å². The van der Waals surface area contributed by atoms with E-state index in [1.54, 1.807) is 0 Å². The minimum Gasteiger partial charge on any atom is -0.355 e. The molecule has 3 rings (SSSR count). The maximum absolute atomic E-state index is 4.48. The number of aromatic nitrogens is 1. The zero-order chi connectivity index (χ0) is 13.2. The number of hydrogen-bond donors (Lipinski definition) is 0. The Kier molecular flexibility index (Phi) is 3.91. The third-order valence-corrected chi connectivity index (χ3v) is 3.84. The highest BCUT2D eigenvalue weighted by atomic mass is 15.3. The molecule has 0 saturated carbocycles. The Morgan fingerprint density at radius 3 is 2.33 bits per heavy atom. The van der Waals surface area contributed by atoms with Crippen LogP contribution in [-0.2, 0) is 0 Å². The first kappa shape index (κ1) is 13.3. The molecule has 3 nitrogen and oxygen atoms in total. The van der Waals surface area contributed by atoms with Gasteiger partial charge in [-0.3, -0.25) is 0 Å². The summed E-state index contributed by atoms with van der Waals surface area (Å²) in [5.74, 6) is 1.14. The van der Waals surface area contributed by atoms with E-state index in [1.165, 1.54) is 38.3 Å². The maximum Gasteiger partial charge on any atom is 0.128 e. The van der Waals surface area contributed by atoms with E-state index in [9.17, 15) is 0 Å². The van der Waals surface area contributed by atoms with E-state index in [1.807, 2.05) is 20.0 Å². The van der Waals surface area contributed by atoms with Crippen molar-refractivity contribution in [2.24, 2.45) is 5.41 Å². The van der Waals surface area contributed by atoms with E-state index < -0.39 is 0 Å². The highest BCUT2D eigenvalue weighted by molar-refractivity contribution is 5.44. The molecule has 2 fully saturated rings. The second-order valence-corrected chi connectivity index (χ2v) is 5.35. The van der Waals surface area contributed by atoms with E-state index >= 15 is 0 Å². The molecule has 3 heterocycles. The Balaban J connectivity index is 0.000000574. The number of aryl methyl sites for hydroxylation is 1. The first-order valence-corrected chi connectivity index (χ1v) is 7.11. The van der Waals surface area contributed by atoms with Crippen LogP contribution in [0.25, 0.3) is 0 Å². The molecule has 2 aliphatic heterocycles. The van der Waals surface area contributed by atoms with Gasteiger partial charge >= 0.3 is 0 Å². The quantitative estimate of drug-likeness (QED) is 0.800. The average molecular weight is 247 g/mol. The Labute approximate surface area is 111 Å². The van der Waals surface area contributed by atoms with Gasteiger partial charge in [0.05, 0.1) is 0 Å². The molecule has 0 radical (unpaired) electrons. The van der Waals surface area contributed by atoms with Gasteiger partial charge in [-0.25, -0.2) is 4.98 Å². The molecule has 100 valence electrons. The van der Waals surface area contributed by atoms with Gasteiger partial charge in [0.2, 0.25) is 0 Å². The third-order valence-electron chi connectivity index (χ3n) is 3.84. The molecule has 2 saturated heterocycles. The van der Waals surface area contributed by atoms with Gasteiger partial charge in [0.1, 0.15) is 5.82 Å². The van der Waals surface area contributed by atoms with E-state index in [-0.39, 0.29) is 0 Å². The van der Waals surface area contributed by atoms with Gasteiger partial charge in [0, 0.05) is 37.8 Å². The summed E-state index contributed by atoms with van der Waals surface area (Å²) >= 11 is 0. The maximum atomic E-state index is 4.48. The van der Waals surface area contributed by atoms with Crippen LogP contribution >= 0.6 is 0 Å². The van der Waals surface area contributed by atoms with Crippen LogP contribution in [0, 0.1) is 12.3 Å². The van der Waals surface area contributed by atoms with Crippen molar-refractivity contribution in [1.82, 2.24) is 9.88 Å². The van der Waals surface area contributed by atoms with E-state index in [4.69, 9.17) is 0 Å². The predicted molar refractivity (Wildman–Crippen MR) is 77.1 cm³/mol. The van der Waals surface area contributed by atoms with Crippen molar-refractivity contribution in [1.29, 1.82) is 0 Å². The molecule has 1 spiro atoms. The van der Waals surface area contributed by atoms with Gasteiger partial charge < -0.3 is 9.80 Å². The fraction of sp³-hybridized carbons (Fsp3) is 0.667. The molecular formula is C15H25N3. The van der Waals surface area contributed by atoms with Gasteiger partial charge in [-0.15, -0.1) is 0 Å². The monoisotopic (exact) mass is 247 g/mol. The summed E-state index contributed by atoms with van der Waals surface area (Å²) in [5, 5.41) is 0. The normalized spacial score (nSPS) is 20.8. The first-order valence-electron chi connectivity index (χ1n) is 7.11. The van der Waals surface area contributed by atoms with Gasteiger partial charge in [-0.2, -0.15) is 0 Å². The van der Waals surface area contributed by atoms with Crippen LogP contribution in [0.1, 0.15) is 26.3 Å². The third kappa shape index (κ3) is 2.37. The number of likely N-dealkylation sites (tertiary alicyclic amines) is 1. The van der Waals surface area contributed by atoms with Crippen LogP contribution in [0.15, 0.2) is 18.3 Å². The number of hydrogen-bond acceptors (Lipinski definition) is 3. The SMILES string of the molecule is CC.CCN1CC2(C1)CN(c1ccc(C)cn1)C2. The second-order valence-electron chi connectivity index (χ2n) is 5.35. The van der Waals surface area contributed by atoms with Crippen molar-refractivity contribution in [3.63, 3.8) is 0 Å². The Bertz CT molecular complexity index is 371. The lowest BCUT2D eigenvalue weighted by atomic mass is 9.73. The van der Waals surface area contributed by atoms with Crippen LogP contribution < -0.4 is 4.90 Å². The molecule has 0 N–H and O–H groups in total. The number of nitrogens with zero attached hydrogens (tertiary/aromatic N) is 3. The van der Waals surface area contributed by atoms with Crippen LogP contribution in [0.4, 0.5) is 5.82 Å². The molecule has 1 aromatic heterocycles. The van der Waals surface area contributed by atoms with Crippen molar-refractivity contribution < 1.29 is 0 Å². The number of rotatable bonds is 2. The van der Waals surface area contributed by atoms with Gasteiger partial charge in [0.25, 0.3) is 0 Å². The second kappa shape index (κ2) is 5.27. The lowest BCUT2D eigenvalue weighted by molar-refractivity contribution is -0.0181. The fourth-order valence-electron chi connectivity index (χ4n) is 2.90. The standard InChI is InChI=1S/C13H19N3.C2H6/c1-3-15-7-13(8-15)9-16(10-13)12-5-4-11(2)6-14-12;1-2/h4-6H,3,7-10H2,1-2H3;1-2H3. The highest BCUT2D eigenvalue weighted by Crippen LogP contribution is 2.40.